The number of pyridine rings is 1. The van der Waals surface area contributed by atoms with Crippen molar-refractivity contribution in [3.63, 3.8) is 0 Å². The average molecular weight is 459 g/mol. The molecule has 6 nitrogen and oxygen atoms in total. The number of piperidine rings is 3. The minimum atomic E-state index is -2.60. The molecule has 1 N–H and O–H groups in total. The van der Waals surface area contributed by atoms with E-state index < -0.39 is 14.9 Å². The summed E-state index contributed by atoms with van der Waals surface area (Å²) < 4.78 is 18.2. The number of aliphatic hydroxyl groups excluding tert-OH is 1. The maximum absolute atomic E-state index is 11.4. The van der Waals surface area contributed by atoms with Gasteiger partial charge in [0.05, 0.1) is 11.6 Å². The van der Waals surface area contributed by atoms with Crippen molar-refractivity contribution in [2.45, 2.75) is 58.2 Å². The number of aliphatic hydroxyl groups is 1. The van der Waals surface area contributed by atoms with Crippen LogP contribution in [-0.2, 0) is 13.3 Å². The molecule has 1 aromatic carbocycles. The second-order valence-electron chi connectivity index (χ2n) is 8.99. The molecule has 0 spiro atoms. The van der Waals surface area contributed by atoms with E-state index in [0.29, 0.717) is 31.7 Å². The normalized spacial score (nSPS) is 26.5. The third-order valence-electron chi connectivity index (χ3n) is 7.22. The van der Waals surface area contributed by atoms with Gasteiger partial charge in [0.1, 0.15) is 0 Å². The Morgan fingerprint density at radius 3 is 2.47 bits per heavy atom. The van der Waals surface area contributed by atoms with Gasteiger partial charge in [0.25, 0.3) is 0 Å². The van der Waals surface area contributed by atoms with Crippen molar-refractivity contribution in [1.29, 1.82) is 0 Å². The van der Waals surface area contributed by atoms with Gasteiger partial charge in [-0.25, -0.2) is 0 Å². The smallest absolute Gasteiger partial charge is 0.387 e. The molecular formula is C25H38N2O4Si. The molecule has 0 saturated carbocycles. The molecule has 0 aliphatic carbocycles. The maximum atomic E-state index is 11.4. The van der Waals surface area contributed by atoms with Crippen LogP contribution >= 0.6 is 0 Å². The Hall–Kier alpha value is -1.35. The lowest BCUT2D eigenvalue weighted by atomic mass is 9.72. The van der Waals surface area contributed by atoms with Crippen LogP contribution in [0.1, 0.15) is 51.7 Å². The lowest BCUT2D eigenvalue weighted by Gasteiger charge is -2.51. The summed E-state index contributed by atoms with van der Waals surface area (Å²) in [6.45, 7) is 10.0. The summed E-state index contributed by atoms with van der Waals surface area (Å²) in [5.74, 6) is 1.24. The molecule has 1 aromatic heterocycles. The van der Waals surface area contributed by atoms with Crippen molar-refractivity contribution in [2.75, 3.05) is 32.9 Å². The predicted octanol–water partition coefficient (Wildman–Crippen LogP) is 4.42. The Balaban J connectivity index is 1.44. The maximum Gasteiger partial charge on any atom is 0.500 e. The van der Waals surface area contributed by atoms with Crippen molar-refractivity contribution in [2.24, 2.45) is 11.8 Å². The molecule has 3 saturated heterocycles. The summed E-state index contributed by atoms with van der Waals surface area (Å²) in [7, 11) is -2.60. The van der Waals surface area contributed by atoms with Crippen molar-refractivity contribution >= 4 is 19.7 Å². The van der Waals surface area contributed by atoms with Crippen LogP contribution in [0.15, 0.2) is 36.5 Å². The summed E-state index contributed by atoms with van der Waals surface area (Å²) >= 11 is 0. The van der Waals surface area contributed by atoms with Crippen LogP contribution in [0.4, 0.5) is 0 Å². The second-order valence-corrected chi connectivity index (χ2v) is 11.7. The number of hydrogen-bond donors (Lipinski definition) is 1. The fourth-order valence-electron chi connectivity index (χ4n) is 5.78. The van der Waals surface area contributed by atoms with E-state index in [1.807, 2.05) is 51.2 Å². The van der Waals surface area contributed by atoms with E-state index in [2.05, 4.69) is 16.0 Å². The standard InChI is InChI=1S/C25H38N2O4Si/c1-4-29-32(30-5-2,31-6-3)16-13-20-18-27-15-12-19(20)17-24(27)25(28)22-11-14-26-23-10-8-7-9-21(22)23/h7-11,14,19-20,24-25,28H,4-6,12-13,15-18H2,1-3H3/t19-,20-,24-,25+/m0/s1. The first-order valence-electron chi connectivity index (χ1n) is 12.3. The van der Waals surface area contributed by atoms with E-state index >= 15 is 0 Å². The van der Waals surface area contributed by atoms with Gasteiger partial charge >= 0.3 is 8.80 Å². The molecular weight excluding hydrogens is 420 g/mol. The van der Waals surface area contributed by atoms with Crippen molar-refractivity contribution in [3.05, 3.63) is 42.1 Å². The van der Waals surface area contributed by atoms with E-state index in [-0.39, 0.29) is 6.04 Å². The lowest BCUT2D eigenvalue weighted by Crippen LogP contribution is -2.56. The van der Waals surface area contributed by atoms with Crippen molar-refractivity contribution in [3.8, 4) is 0 Å². The van der Waals surface area contributed by atoms with E-state index in [9.17, 15) is 5.11 Å². The van der Waals surface area contributed by atoms with Crippen LogP contribution in [0.2, 0.25) is 6.04 Å². The number of nitrogens with zero attached hydrogens (tertiary/aromatic N) is 2. The highest BCUT2D eigenvalue weighted by Gasteiger charge is 2.46. The average Bonchev–Trinajstić information content (AvgIpc) is 2.83. The van der Waals surface area contributed by atoms with E-state index in [1.165, 1.54) is 6.42 Å². The van der Waals surface area contributed by atoms with Gasteiger partial charge in [0.15, 0.2) is 0 Å². The fourth-order valence-corrected chi connectivity index (χ4v) is 8.51. The Morgan fingerprint density at radius 2 is 1.81 bits per heavy atom. The first kappa shape index (κ1) is 23.8. The Labute approximate surface area is 193 Å². The van der Waals surface area contributed by atoms with Crippen LogP contribution in [0.3, 0.4) is 0 Å². The molecule has 3 aliphatic rings. The summed E-state index contributed by atoms with van der Waals surface area (Å²) in [6.07, 6.45) is 4.63. The third-order valence-corrected chi connectivity index (χ3v) is 10.3. The Bertz CT molecular complexity index is 860. The van der Waals surface area contributed by atoms with E-state index in [4.69, 9.17) is 13.3 Å². The van der Waals surface area contributed by atoms with E-state index in [1.54, 1.807) is 0 Å². The van der Waals surface area contributed by atoms with Crippen molar-refractivity contribution in [1.82, 2.24) is 9.88 Å². The Morgan fingerprint density at radius 1 is 1.09 bits per heavy atom. The first-order valence-corrected chi connectivity index (χ1v) is 14.2. The van der Waals surface area contributed by atoms with Gasteiger partial charge in [-0.1, -0.05) is 18.2 Å². The number of para-hydroxylation sites is 1. The molecule has 4 heterocycles. The third kappa shape index (κ3) is 4.93. The summed E-state index contributed by atoms with van der Waals surface area (Å²) in [6, 6.07) is 11.1. The quantitative estimate of drug-likeness (QED) is 0.503. The van der Waals surface area contributed by atoms with Crippen LogP contribution in [0.5, 0.6) is 0 Å². The Kier molecular flexibility index (Phi) is 7.97. The number of benzene rings is 1. The number of rotatable bonds is 11. The van der Waals surface area contributed by atoms with Gasteiger partial charge in [0.2, 0.25) is 0 Å². The molecule has 32 heavy (non-hydrogen) atoms. The monoisotopic (exact) mass is 458 g/mol. The highest BCUT2D eigenvalue weighted by Crippen LogP contribution is 2.43. The lowest BCUT2D eigenvalue weighted by molar-refractivity contribution is -0.0574. The molecule has 7 heteroatoms. The largest absolute Gasteiger partial charge is 0.500 e. The predicted molar refractivity (Wildman–Crippen MR) is 128 cm³/mol. The van der Waals surface area contributed by atoms with E-state index in [0.717, 1.165) is 48.4 Å². The molecule has 5 atom stereocenters. The highest BCUT2D eigenvalue weighted by molar-refractivity contribution is 6.60. The SMILES string of the molecule is CCO[Si](CC[C@H]1CN2CC[C@H]1C[C@H]2[C@H](O)c1ccnc2ccccc12)(OCC)OCC. The topological polar surface area (TPSA) is 64.1 Å². The molecule has 3 fully saturated rings. The van der Waals surface area contributed by atoms with Gasteiger partial charge < -0.3 is 18.4 Å². The first-order chi connectivity index (χ1) is 15.6. The number of aromatic nitrogens is 1. The van der Waals surface area contributed by atoms with Crippen LogP contribution in [0, 0.1) is 11.8 Å². The van der Waals surface area contributed by atoms with Gasteiger partial charge in [-0.15, -0.1) is 0 Å². The molecule has 3 aliphatic heterocycles. The van der Waals surface area contributed by atoms with Gasteiger partial charge in [-0.2, -0.15) is 0 Å². The van der Waals surface area contributed by atoms with Gasteiger partial charge in [0, 0.05) is 50.0 Å². The zero-order valence-corrected chi connectivity index (χ0v) is 20.7. The zero-order valence-electron chi connectivity index (χ0n) is 19.7. The van der Waals surface area contributed by atoms with Crippen molar-refractivity contribution < 1.29 is 18.4 Å². The summed E-state index contributed by atoms with van der Waals surface area (Å²) in [5.41, 5.74) is 1.95. The second kappa shape index (κ2) is 10.7. The summed E-state index contributed by atoms with van der Waals surface area (Å²) in [4.78, 5) is 6.98. The van der Waals surface area contributed by atoms with Gasteiger partial charge in [-0.3, -0.25) is 9.88 Å². The zero-order chi connectivity index (χ0) is 22.6. The van der Waals surface area contributed by atoms with Crippen LogP contribution in [0.25, 0.3) is 10.9 Å². The van der Waals surface area contributed by atoms with Crippen LogP contribution in [-0.4, -0.2) is 62.7 Å². The number of hydrogen-bond acceptors (Lipinski definition) is 6. The number of fused-ring (bicyclic) bond motifs is 4. The van der Waals surface area contributed by atoms with Gasteiger partial charge in [-0.05, 0) is 76.1 Å². The molecule has 0 amide bonds. The minimum absolute atomic E-state index is 0.170. The summed E-state index contributed by atoms with van der Waals surface area (Å²) in [5, 5.41) is 12.5. The molecule has 176 valence electrons. The highest BCUT2D eigenvalue weighted by atomic mass is 28.4. The molecule has 1 unspecified atom stereocenters. The minimum Gasteiger partial charge on any atom is -0.387 e. The van der Waals surface area contributed by atoms with Crippen LogP contribution < -0.4 is 0 Å². The molecule has 2 bridgehead atoms. The molecule has 0 radical (unpaired) electrons. The fraction of sp³-hybridized carbons (Fsp3) is 0.640. The molecule has 2 aromatic rings. The molecule has 5 rings (SSSR count).